The second kappa shape index (κ2) is 17.1. The molecule has 0 saturated carbocycles. The highest BCUT2D eigenvalue weighted by atomic mass is 16.5. The highest BCUT2D eigenvalue weighted by Gasteiger charge is 2.16. The molecular weight excluding hydrogens is 332 g/mol. The summed E-state index contributed by atoms with van der Waals surface area (Å²) in [7, 11) is 0. The van der Waals surface area contributed by atoms with Gasteiger partial charge in [0.05, 0.1) is 12.2 Å². The van der Waals surface area contributed by atoms with Gasteiger partial charge >= 0.3 is 0 Å². The van der Waals surface area contributed by atoms with Crippen LogP contribution in [0.3, 0.4) is 0 Å². The molecule has 1 aliphatic rings. The van der Waals surface area contributed by atoms with E-state index in [-0.39, 0.29) is 11.9 Å². The van der Waals surface area contributed by atoms with E-state index < -0.39 is 0 Å². The van der Waals surface area contributed by atoms with Crippen molar-refractivity contribution in [2.24, 2.45) is 0 Å². The Bertz CT molecular complexity index is 422. The SMILES string of the molecule is CCCCCCCCCCCCCCCCCC=CC1CC(=O)C=C(C)O1. The predicted molar refractivity (Wildman–Crippen MR) is 117 cm³/mol. The molecule has 0 aromatic carbocycles. The van der Waals surface area contributed by atoms with Crippen LogP contribution in [-0.2, 0) is 9.53 Å². The lowest BCUT2D eigenvalue weighted by Crippen LogP contribution is -2.18. The molecule has 0 N–H and O–H groups in total. The van der Waals surface area contributed by atoms with Crippen LogP contribution in [0.2, 0.25) is 0 Å². The van der Waals surface area contributed by atoms with Crippen LogP contribution in [0, 0.1) is 0 Å². The second-order valence-electron chi connectivity index (χ2n) is 8.25. The second-order valence-corrected chi connectivity index (χ2v) is 8.25. The molecule has 0 bridgehead atoms. The Kier molecular flexibility index (Phi) is 15.2. The van der Waals surface area contributed by atoms with Crippen molar-refractivity contribution in [3.05, 3.63) is 24.0 Å². The molecule has 27 heavy (non-hydrogen) atoms. The normalized spacial score (nSPS) is 17.3. The van der Waals surface area contributed by atoms with E-state index in [1.54, 1.807) is 6.08 Å². The first-order valence-electron chi connectivity index (χ1n) is 11.8. The van der Waals surface area contributed by atoms with E-state index in [4.69, 9.17) is 4.74 Å². The summed E-state index contributed by atoms with van der Waals surface area (Å²) in [5.41, 5.74) is 0. The Hall–Kier alpha value is -1.05. The van der Waals surface area contributed by atoms with Crippen molar-refractivity contribution in [3.63, 3.8) is 0 Å². The lowest BCUT2D eigenvalue weighted by atomic mass is 10.0. The van der Waals surface area contributed by atoms with E-state index in [1.807, 2.05) is 6.92 Å². The molecule has 2 nitrogen and oxygen atoms in total. The molecule has 0 radical (unpaired) electrons. The molecule has 0 aromatic rings. The zero-order valence-electron chi connectivity index (χ0n) is 18.1. The van der Waals surface area contributed by atoms with Crippen molar-refractivity contribution in [3.8, 4) is 0 Å². The number of ketones is 1. The van der Waals surface area contributed by atoms with Crippen LogP contribution in [-0.4, -0.2) is 11.9 Å². The van der Waals surface area contributed by atoms with Crippen LogP contribution >= 0.6 is 0 Å². The third kappa shape index (κ3) is 14.7. The summed E-state index contributed by atoms with van der Waals surface area (Å²) in [4.78, 5) is 11.5. The average molecular weight is 377 g/mol. The van der Waals surface area contributed by atoms with Crippen molar-refractivity contribution in [2.75, 3.05) is 0 Å². The molecule has 0 amide bonds. The fourth-order valence-corrected chi connectivity index (χ4v) is 3.79. The molecule has 1 unspecified atom stereocenters. The lowest BCUT2D eigenvalue weighted by molar-refractivity contribution is -0.117. The highest BCUT2D eigenvalue weighted by molar-refractivity contribution is 5.91. The van der Waals surface area contributed by atoms with Gasteiger partial charge in [-0.2, -0.15) is 0 Å². The van der Waals surface area contributed by atoms with E-state index >= 15 is 0 Å². The smallest absolute Gasteiger partial charge is 0.163 e. The summed E-state index contributed by atoms with van der Waals surface area (Å²) in [6.07, 6.45) is 28.5. The highest BCUT2D eigenvalue weighted by Crippen LogP contribution is 2.16. The van der Waals surface area contributed by atoms with Crippen LogP contribution in [0.25, 0.3) is 0 Å². The Morgan fingerprint density at radius 2 is 1.33 bits per heavy atom. The van der Waals surface area contributed by atoms with Crippen LogP contribution in [0.5, 0.6) is 0 Å². The van der Waals surface area contributed by atoms with E-state index in [9.17, 15) is 4.79 Å². The van der Waals surface area contributed by atoms with E-state index in [2.05, 4.69) is 19.1 Å². The quantitative estimate of drug-likeness (QED) is 0.189. The van der Waals surface area contributed by atoms with E-state index in [0.29, 0.717) is 6.42 Å². The van der Waals surface area contributed by atoms with Gasteiger partial charge in [-0.3, -0.25) is 4.79 Å². The van der Waals surface area contributed by atoms with Crippen molar-refractivity contribution < 1.29 is 9.53 Å². The van der Waals surface area contributed by atoms with Gasteiger partial charge < -0.3 is 4.74 Å². The van der Waals surface area contributed by atoms with Crippen LogP contribution < -0.4 is 0 Å². The molecule has 1 aliphatic heterocycles. The monoisotopic (exact) mass is 376 g/mol. The van der Waals surface area contributed by atoms with Gasteiger partial charge in [0.25, 0.3) is 0 Å². The van der Waals surface area contributed by atoms with Gasteiger partial charge in [-0.05, 0) is 25.8 Å². The standard InChI is InChI=1S/C25H44O2/c1-3-4-5-6-7-8-9-10-11-12-13-14-15-16-17-18-19-20-25-22-24(26)21-23(2)27-25/h19-21,25H,3-18,22H2,1-2H3. The van der Waals surface area contributed by atoms with Gasteiger partial charge in [-0.1, -0.05) is 103 Å². The van der Waals surface area contributed by atoms with Gasteiger partial charge in [0.15, 0.2) is 5.78 Å². The minimum absolute atomic E-state index is 0.0427. The third-order valence-corrected chi connectivity index (χ3v) is 5.43. The molecular formula is C25H44O2. The van der Waals surface area contributed by atoms with Crippen molar-refractivity contribution in [2.45, 2.75) is 129 Å². The number of carbonyl (C=O) groups excluding carboxylic acids is 1. The fraction of sp³-hybridized carbons (Fsp3) is 0.800. The largest absolute Gasteiger partial charge is 0.490 e. The maximum absolute atomic E-state index is 11.5. The van der Waals surface area contributed by atoms with Crippen LogP contribution in [0.1, 0.15) is 123 Å². The lowest BCUT2D eigenvalue weighted by Gasteiger charge is -2.19. The number of allylic oxidation sites excluding steroid dienone is 3. The summed E-state index contributed by atoms with van der Waals surface area (Å²) >= 11 is 0. The Balaban J connectivity index is 1.79. The molecule has 0 aromatic heterocycles. The molecule has 2 heteroatoms. The summed E-state index contributed by atoms with van der Waals surface area (Å²) < 4.78 is 5.64. The van der Waals surface area contributed by atoms with E-state index in [1.165, 1.54) is 96.3 Å². The summed E-state index contributed by atoms with van der Waals surface area (Å²) in [5, 5.41) is 0. The zero-order valence-corrected chi connectivity index (χ0v) is 18.1. The molecule has 0 spiro atoms. The minimum Gasteiger partial charge on any atom is -0.490 e. The maximum Gasteiger partial charge on any atom is 0.163 e. The predicted octanol–water partition coefficient (Wildman–Crippen LogP) is 8.07. The topological polar surface area (TPSA) is 26.3 Å². The summed E-state index contributed by atoms with van der Waals surface area (Å²) in [6, 6.07) is 0. The number of hydrogen-bond acceptors (Lipinski definition) is 2. The number of unbranched alkanes of at least 4 members (excludes halogenated alkanes) is 15. The molecule has 0 aliphatic carbocycles. The van der Waals surface area contributed by atoms with Gasteiger partial charge in [-0.25, -0.2) is 0 Å². The van der Waals surface area contributed by atoms with Crippen molar-refractivity contribution in [1.29, 1.82) is 0 Å². The Morgan fingerprint density at radius 1 is 0.852 bits per heavy atom. The third-order valence-electron chi connectivity index (χ3n) is 5.43. The number of rotatable bonds is 17. The van der Waals surface area contributed by atoms with E-state index in [0.717, 1.165) is 12.2 Å². The van der Waals surface area contributed by atoms with Crippen molar-refractivity contribution in [1.82, 2.24) is 0 Å². The fourth-order valence-electron chi connectivity index (χ4n) is 3.79. The number of ether oxygens (including phenoxy) is 1. The average Bonchev–Trinajstić information content (AvgIpc) is 2.63. The van der Waals surface area contributed by atoms with Gasteiger partial charge in [0.2, 0.25) is 0 Å². The molecule has 0 fully saturated rings. The molecule has 0 saturated heterocycles. The molecule has 1 heterocycles. The van der Waals surface area contributed by atoms with Gasteiger partial charge in [0, 0.05) is 6.08 Å². The van der Waals surface area contributed by atoms with Crippen LogP contribution in [0.4, 0.5) is 0 Å². The van der Waals surface area contributed by atoms with Gasteiger partial charge in [0.1, 0.15) is 6.10 Å². The maximum atomic E-state index is 11.5. The minimum atomic E-state index is -0.0427. The Labute approximate surface area is 168 Å². The summed E-state index contributed by atoms with van der Waals surface area (Å²) in [5.74, 6) is 0.924. The van der Waals surface area contributed by atoms with Gasteiger partial charge in [-0.15, -0.1) is 0 Å². The van der Waals surface area contributed by atoms with Crippen LogP contribution in [0.15, 0.2) is 24.0 Å². The summed E-state index contributed by atoms with van der Waals surface area (Å²) in [6.45, 7) is 4.14. The molecule has 1 atom stereocenters. The molecule has 156 valence electrons. The Morgan fingerprint density at radius 3 is 1.81 bits per heavy atom. The first-order chi connectivity index (χ1) is 13.2. The van der Waals surface area contributed by atoms with Crippen molar-refractivity contribution >= 4 is 5.78 Å². The zero-order chi connectivity index (χ0) is 19.6. The number of hydrogen-bond donors (Lipinski definition) is 0. The molecule has 1 rings (SSSR count). The number of carbonyl (C=O) groups is 1. The first kappa shape index (κ1) is 24.0. The first-order valence-corrected chi connectivity index (χ1v) is 11.8.